The van der Waals surface area contributed by atoms with Crippen LogP contribution >= 0.6 is 0 Å². The van der Waals surface area contributed by atoms with Gasteiger partial charge in [0.1, 0.15) is 11.7 Å². The Bertz CT molecular complexity index is 724. The highest BCUT2D eigenvalue weighted by Crippen LogP contribution is 2.44. The lowest BCUT2D eigenvalue weighted by Crippen LogP contribution is -2.68. The predicted molar refractivity (Wildman–Crippen MR) is 89.3 cm³/mol. The fourth-order valence-corrected chi connectivity index (χ4v) is 4.58. The number of carboxylic acid groups (broad SMARTS) is 1. The number of amides is 2. The largest absolute Gasteiger partial charge is 0.477 e. The lowest BCUT2D eigenvalue weighted by atomic mass is 9.79. The average molecular weight is 345 g/mol. The third-order valence-electron chi connectivity index (χ3n) is 5.60. The smallest absolute Gasteiger partial charge is 0.352 e. The van der Waals surface area contributed by atoms with Gasteiger partial charge >= 0.3 is 5.97 Å². The Hall–Kier alpha value is -2.15. The maximum absolute atomic E-state index is 12.6. The molecule has 7 nitrogen and oxygen atoms in total. The molecule has 25 heavy (non-hydrogen) atoms. The van der Waals surface area contributed by atoms with Crippen LogP contribution in [0.15, 0.2) is 22.9 Å². The van der Waals surface area contributed by atoms with E-state index >= 15 is 0 Å². The molecule has 0 aliphatic carbocycles. The van der Waals surface area contributed by atoms with E-state index in [-0.39, 0.29) is 35.5 Å². The first-order valence-electron chi connectivity index (χ1n) is 8.91. The Morgan fingerprint density at radius 2 is 2.16 bits per heavy atom. The molecule has 4 heterocycles. The molecule has 0 aromatic heterocycles. The molecule has 0 radical (unpaired) electrons. The first-order valence-corrected chi connectivity index (χ1v) is 8.91. The highest BCUT2D eigenvalue weighted by Gasteiger charge is 2.59. The summed E-state index contributed by atoms with van der Waals surface area (Å²) in [5.41, 5.74) is 1.33. The third-order valence-corrected chi connectivity index (χ3v) is 5.60. The molecule has 4 aliphatic heterocycles. The zero-order valence-corrected chi connectivity index (χ0v) is 14.5. The Morgan fingerprint density at radius 3 is 2.84 bits per heavy atom. The minimum atomic E-state index is -1.09. The molecule has 2 unspecified atom stereocenters. The van der Waals surface area contributed by atoms with E-state index in [9.17, 15) is 19.5 Å². The first-order chi connectivity index (χ1) is 11.9. The van der Waals surface area contributed by atoms with Crippen molar-refractivity contribution in [3.63, 3.8) is 0 Å². The zero-order valence-electron chi connectivity index (χ0n) is 14.5. The first kappa shape index (κ1) is 16.3. The van der Waals surface area contributed by atoms with E-state index in [1.807, 2.05) is 4.90 Å². The molecule has 3 fully saturated rings. The monoisotopic (exact) mass is 345 g/mol. The molecule has 0 saturated carbocycles. The van der Waals surface area contributed by atoms with E-state index in [0.29, 0.717) is 49.5 Å². The third kappa shape index (κ3) is 2.40. The summed E-state index contributed by atoms with van der Waals surface area (Å²) in [6.07, 6.45) is 2.96. The van der Waals surface area contributed by atoms with Gasteiger partial charge in [0.2, 0.25) is 11.8 Å². The number of aliphatic carboxylic acids is 1. The topological polar surface area (TPSA) is 90.0 Å². The van der Waals surface area contributed by atoms with Crippen molar-refractivity contribution in [2.75, 3.05) is 19.6 Å². The second kappa shape index (κ2) is 5.69. The molecule has 3 saturated heterocycles. The van der Waals surface area contributed by atoms with Crippen molar-refractivity contribution < 1.29 is 19.5 Å². The van der Waals surface area contributed by atoms with Gasteiger partial charge in [0.15, 0.2) is 0 Å². The van der Waals surface area contributed by atoms with Crippen LogP contribution in [0.2, 0.25) is 0 Å². The number of nitrogens with zero attached hydrogens (tertiary/aromatic N) is 2. The van der Waals surface area contributed by atoms with Crippen LogP contribution < -0.4 is 5.32 Å². The number of likely N-dealkylation sites (tertiary alicyclic amines) is 1. The Balaban J connectivity index is 1.66. The number of nitrogens with one attached hydrogen (secondary N) is 1. The van der Waals surface area contributed by atoms with Gasteiger partial charge in [0.05, 0.1) is 6.04 Å². The number of hydrogen-bond donors (Lipinski definition) is 2. The summed E-state index contributed by atoms with van der Waals surface area (Å²) < 4.78 is 0. The van der Waals surface area contributed by atoms with Gasteiger partial charge in [-0.15, -0.1) is 0 Å². The summed E-state index contributed by atoms with van der Waals surface area (Å²) in [5, 5.41) is 12.8. The summed E-state index contributed by atoms with van der Waals surface area (Å²) in [5.74, 6) is -0.646. The molecule has 0 spiro atoms. The Morgan fingerprint density at radius 1 is 1.40 bits per heavy atom. The quantitative estimate of drug-likeness (QED) is 0.567. The van der Waals surface area contributed by atoms with Crippen LogP contribution in [-0.4, -0.2) is 64.4 Å². The minimum Gasteiger partial charge on any atom is -0.477 e. The zero-order chi connectivity index (χ0) is 17.9. The van der Waals surface area contributed by atoms with E-state index in [1.54, 1.807) is 6.08 Å². The number of allylic oxidation sites excluding steroid dienone is 2. The Labute approximate surface area is 146 Å². The number of rotatable bonds is 4. The fourth-order valence-electron chi connectivity index (χ4n) is 4.58. The number of carbonyl (C=O) groups excluding carboxylic acids is 2. The second-order valence-electron chi connectivity index (χ2n) is 7.79. The van der Waals surface area contributed by atoms with Gasteiger partial charge in [-0.05, 0) is 36.3 Å². The number of carboxylic acids is 1. The average Bonchev–Trinajstić information content (AvgIpc) is 3.09. The van der Waals surface area contributed by atoms with Crippen LogP contribution in [0.25, 0.3) is 0 Å². The highest BCUT2D eigenvalue weighted by molar-refractivity contribution is 6.02. The molecule has 4 aliphatic rings. The summed E-state index contributed by atoms with van der Waals surface area (Å²) >= 11 is 0. The molecular formula is C18H23N3O4. The van der Waals surface area contributed by atoms with Crippen LogP contribution in [0, 0.1) is 11.8 Å². The molecule has 134 valence electrons. The number of carbonyl (C=O) groups is 3. The fraction of sp³-hybridized carbons (Fsp3) is 0.611. The van der Waals surface area contributed by atoms with Crippen molar-refractivity contribution in [1.29, 1.82) is 0 Å². The maximum Gasteiger partial charge on any atom is 0.352 e. The predicted octanol–water partition coefficient (Wildman–Crippen LogP) is 0.342. The van der Waals surface area contributed by atoms with Gasteiger partial charge in [0.25, 0.3) is 0 Å². The molecule has 0 aromatic rings. The lowest BCUT2D eigenvalue weighted by molar-refractivity contribution is -0.153. The minimum absolute atomic E-state index is 0.00887. The standard InChI is InChI=1S/C18H23N3O4/c1-9(2)8-20-4-3-10(16(20)22)5-11-6-12-7-19-13-14(12)21(17(13)23)15(11)18(24)25/h5,9,12-14,19H,3-4,6-8H2,1-2H3,(H,24,25)/b10-5+/t12?,13?,14-/m1/s1. The molecule has 2 N–H and O–H groups in total. The van der Waals surface area contributed by atoms with E-state index in [2.05, 4.69) is 19.2 Å². The molecule has 7 heteroatoms. The molecule has 0 bridgehead atoms. The van der Waals surface area contributed by atoms with Gasteiger partial charge in [-0.3, -0.25) is 14.5 Å². The summed E-state index contributed by atoms with van der Waals surface area (Å²) in [4.78, 5) is 39.9. The SMILES string of the molecule is CC(C)CN1CC/C(=C\C2=C(C(=O)O)N3C(=O)C4NCC(C2)[C@H]43)C1=O. The van der Waals surface area contributed by atoms with Crippen molar-refractivity contribution in [1.82, 2.24) is 15.1 Å². The van der Waals surface area contributed by atoms with Crippen molar-refractivity contribution in [2.45, 2.75) is 38.8 Å². The van der Waals surface area contributed by atoms with E-state index in [4.69, 9.17) is 0 Å². The van der Waals surface area contributed by atoms with Crippen LogP contribution in [-0.2, 0) is 14.4 Å². The maximum atomic E-state index is 12.6. The summed E-state index contributed by atoms with van der Waals surface area (Å²) in [7, 11) is 0. The highest BCUT2D eigenvalue weighted by atomic mass is 16.4. The van der Waals surface area contributed by atoms with Gasteiger partial charge in [0, 0.05) is 25.2 Å². The van der Waals surface area contributed by atoms with Crippen molar-refractivity contribution in [3.8, 4) is 0 Å². The summed E-state index contributed by atoms with van der Waals surface area (Å²) in [6, 6.07) is -0.277. The van der Waals surface area contributed by atoms with Gasteiger partial charge in [-0.1, -0.05) is 13.8 Å². The van der Waals surface area contributed by atoms with Gasteiger partial charge in [-0.25, -0.2) is 4.79 Å². The van der Waals surface area contributed by atoms with E-state index < -0.39 is 5.97 Å². The molecule has 4 rings (SSSR count). The number of β-lactam (4-membered cyclic amide) rings is 1. The van der Waals surface area contributed by atoms with Gasteiger partial charge in [-0.2, -0.15) is 0 Å². The van der Waals surface area contributed by atoms with Crippen LogP contribution in [0.4, 0.5) is 0 Å². The number of hydrogen-bond acceptors (Lipinski definition) is 4. The van der Waals surface area contributed by atoms with Crippen LogP contribution in [0.5, 0.6) is 0 Å². The van der Waals surface area contributed by atoms with Gasteiger partial charge < -0.3 is 15.3 Å². The lowest BCUT2D eigenvalue weighted by Gasteiger charge is -2.48. The second-order valence-corrected chi connectivity index (χ2v) is 7.79. The molecule has 0 aromatic carbocycles. The van der Waals surface area contributed by atoms with Crippen molar-refractivity contribution in [3.05, 3.63) is 22.9 Å². The molecule has 3 atom stereocenters. The van der Waals surface area contributed by atoms with Crippen molar-refractivity contribution in [2.24, 2.45) is 11.8 Å². The van der Waals surface area contributed by atoms with Crippen LogP contribution in [0.1, 0.15) is 26.7 Å². The molecule has 2 amide bonds. The van der Waals surface area contributed by atoms with E-state index in [0.717, 1.165) is 0 Å². The summed E-state index contributed by atoms with van der Waals surface area (Å²) in [6.45, 7) is 6.24. The Kier molecular flexibility index (Phi) is 3.72. The van der Waals surface area contributed by atoms with Crippen molar-refractivity contribution >= 4 is 17.8 Å². The van der Waals surface area contributed by atoms with Crippen LogP contribution in [0.3, 0.4) is 0 Å². The van der Waals surface area contributed by atoms with E-state index in [1.165, 1.54) is 4.90 Å². The normalized spacial score (nSPS) is 32.8. The molecular weight excluding hydrogens is 322 g/mol.